The molecule has 1 fully saturated rings. The van der Waals surface area contributed by atoms with Crippen LogP contribution in [0.5, 0.6) is 0 Å². The Kier molecular flexibility index (Phi) is 5.56. The van der Waals surface area contributed by atoms with Gasteiger partial charge < -0.3 is 25.7 Å². The number of carbonyl (C=O) groups excluding carboxylic acids is 1. The van der Waals surface area contributed by atoms with Crippen LogP contribution in [0.1, 0.15) is 19.3 Å². The molecule has 0 radical (unpaired) electrons. The number of aliphatic carboxylic acids is 2. The molecule has 1 saturated heterocycles. The highest BCUT2D eigenvalue weighted by Crippen LogP contribution is 2.10. The average molecular weight is 273 g/mol. The van der Waals surface area contributed by atoms with E-state index in [1.807, 2.05) is 0 Å². The van der Waals surface area contributed by atoms with Gasteiger partial charge in [-0.2, -0.15) is 0 Å². The molecule has 8 nitrogen and oxygen atoms in total. The minimum absolute atomic E-state index is 0.0422. The molecule has 1 aliphatic rings. The van der Waals surface area contributed by atoms with E-state index in [1.165, 1.54) is 4.90 Å². The smallest absolute Gasteiger partial charge is 0.326 e. The van der Waals surface area contributed by atoms with Crippen LogP contribution in [-0.2, 0) is 9.59 Å². The van der Waals surface area contributed by atoms with Crippen molar-refractivity contribution < 1.29 is 24.6 Å². The van der Waals surface area contributed by atoms with E-state index in [0.717, 1.165) is 25.9 Å². The Hall–Kier alpha value is -1.83. The lowest BCUT2D eigenvalue weighted by molar-refractivity contribution is -0.145. The monoisotopic (exact) mass is 273 g/mol. The summed E-state index contributed by atoms with van der Waals surface area (Å²) in [5.74, 6) is -2.62. The number of rotatable bonds is 5. The van der Waals surface area contributed by atoms with Crippen LogP contribution >= 0.6 is 0 Å². The normalized spacial score (nSPS) is 17.5. The zero-order valence-electron chi connectivity index (χ0n) is 10.8. The lowest BCUT2D eigenvalue weighted by atomic mass is 10.1. The number of hydrogen-bond donors (Lipinski definition) is 4. The second-order valence-corrected chi connectivity index (χ2v) is 4.53. The van der Waals surface area contributed by atoms with Crippen molar-refractivity contribution in [2.45, 2.75) is 31.3 Å². The molecule has 0 aromatic heterocycles. The van der Waals surface area contributed by atoms with E-state index in [4.69, 9.17) is 10.2 Å². The third-order valence-corrected chi connectivity index (χ3v) is 3.15. The van der Waals surface area contributed by atoms with Gasteiger partial charge in [-0.05, 0) is 25.9 Å². The molecule has 0 aromatic rings. The van der Waals surface area contributed by atoms with Crippen molar-refractivity contribution in [3.63, 3.8) is 0 Å². The summed E-state index contributed by atoms with van der Waals surface area (Å²) in [5, 5.41) is 22.8. The second kappa shape index (κ2) is 6.93. The number of carboxylic acids is 2. The van der Waals surface area contributed by atoms with Gasteiger partial charge in [0.1, 0.15) is 6.04 Å². The zero-order valence-corrected chi connectivity index (χ0v) is 10.8. The van der Waals surface area contributed by atoms with E-state index < -0.39 is 30.4 Å². The van der Waals surface area contributed by atoms with E-state index in [1.54, 1.807) is 7.05 Å². The van der Waals surface area contributed by atoms with Crippen LogP contribution in [0.15, 0.2) is 0 Å². The molecule has 4 N–H and O–H groups in total. The fourth-order valence-corrected chi connectivity index (χ4v) is 1.99. The number of carbonyl (C=O) groups is 3. The molecule has 0 bridgehead atoms. The number of carboxylic acid groups (broad SMARTS) is 2. The Labute approximate surface area is 110 Å². The fraction of sp³-hybridized carbons (Fsp3) is 0.727. The Morgan fingerprint density at radius 1 is 1.32 bits per heavy atom. The van der Waals surface area contributed by atoms with Crippen molar-refractivity contribution in [3.8, 4) is 0 Å². The van der Waals surface area contributed by atoms with Crippen LogP contribution in [-0.4, -0.2) is 65.3 Å². The van der Waals surface area contributed by atoms with Gasteiger partial charge in [-0.1, -0.05) is 0 Å². The molecule has 0 aromatic carbocycles. The van der Waals surface area contributed by atoms with Gasteiger partial charge in [0.25, 0.3) is 0 Å². The standard InChI is InChI=1S/C11H19N3O5/c1-14(7-2-4-12-5-3-7)11(19)13-8(10(17)18)6-9(15)16/h7-8,12H,2-6H2,1H3,(H,13,19)(H,15,16)(H,17,18). The first-order chi connectivity index (χ1) is 8.91. The van der Waals surface area contributed by atoms with Crippen LogP contribution in [0.4, 0.5) is 4.79 Å². The van der Waals surface area contributed by atoms with E-state index in [-0.39, 0.29) is 6.04 Å². The lowest BCUT2D eigenvalue weighted by Gasteiger charge is -2.32. The number of hydrogen-bond acceptors (Lipinski definition) is 4. The Morgan fingerprint density at radius 2 is 1.89 bits per heavy atom. The molecule has 2 amide bonds. The molecule has 1 aliphatic heterocycles. The molecule has 0 aliphatic carbocycles. The van der Waals surface area contributed by atoms with Crippen LogP contribution in [0, 0.1) is 0 Å². The van der Waals surface area contributed by atoms with Crippen molar-refractivity contribution in [3.05, 3.63) is 0 Å². The Bertz CT molecular complexity index is 354. The number of urea groups is 1. The van der Waals surface area contributed by atoms with Gasteiger partial charge >= 0.3 is 18.0 Å². The van der Waals surface area contributed by atoms with Crippen LogP contribution in [0.25, 0.3) is 0 Å². The molecule has 19 heavy (non-hydrogen) atoms. The van der Waals surface area contributed by atoms with Crippen LogP contribution < -0.4 is 10.6 Å². The summed E-state index contributed by atoms with van der Waals surface area (Å²) in [6, 6.07) is -1.92. The van der Waals surface area contributed by atoms with Gasteiger partial charge in [0.15, 0.2) is 0 Å². The van der Waals surface area contributed by atoms with Crippen LogP contribution in [0.2, 0.25) is 0 Å². The molecule has 0 saturated carbocycles. The lowest BCUT2D eigenvalue weighted by Crippen LogP contribution is -2.52. The van der Waals surface area contributed by atoms with Gasteiger partial charge in [-0.15, -0.1) is 0 Å². The van der Waals surface area contributed by atoms with E-state index in [9.17, 15) is 14.4 Å². The predicted octanol–water partition coefficient (Wildman–Crippen LogP) is -0.692. The molecule has 1 atom stereocenters. The highest BCUT2D eigenvalue weighted by Gasteiger charge is 2.27. The third-order valence-electron chi connectivity index (χ3n) is 3.15. The predicted molar refractivity (Wildman–Crippen MR) is 65.9 cm³/mol. The summed E-state index contributed by atoms with van der Waals surface area (Å²) in [5.41, 5.74) is 0. The second-order valence-electron chi connectivity index (χ2n) is 4.53. The van der Waals surface area contributed by atoms with Crippen molar-refractivity contribution >= 4 is 18.0 Å². The molecule has 1 rings (SSSR count). The summed E-state index contributed by atoms with van der Waals surface area (Å²) in [6.45, 7) is 1.61. The van der Waals surface area contributed by atoms with Gasteiger partial charge in [0.2, 0.25) is 0 Å². The maximum absolute atomic E-state index is 11.9. The van der Waals surface area contributed by atoms with E-state index in [0.29, 0.717) is 0 Å². The van der Waals surface area contributed by atoms with Gasteiger partial charge in [0.05, 0.1) is 6.42 Å². The minimum Gasteiger partial charge on any atom is -0.481 e. The Balaban J connectivity index is 2.55. The first-order valence-corrected chi connectivity index (χ1v) is 6.10. The van der Waals surface area contributed by atoms with Gasteiger partial charge in [-0.25, -0.2) is 9.59 Å². The maximum Gasteiger partial charge on any atom is 0.326 e. The summed E-state index contributed by atoms with van der Waals surface area (Å²) in [7, 11) is 1.59. The maximum atomic E-state index is 11.9. The number of nitrogens with one attached hydrogen (secondary N) is 2. The largest absolute Gasteiger partial charge is 0.481 e. The molecule has 1 heterocycles. The first-order valence-electron chi connectivity index (χ1n) is 6.10. The van der Waals surface area contributed by atoms with Gasteiger partial charge in [-0.3, -0.25) is 4.79 Å². The quantitative estimate of drug-likeness (QED) is 0.526. The SMILES string of the molecule is CN(C(=O)NC(CC(=O)O)C(=O)O)C1CCNCC1. The molecule has 0 spiro atoms. The van der Waals surface area contributed by atoms with Crippen molar-refractivity contribution in [2.75, 3.05) is 20.1 Å². The number of piperidine rings is 1. The Morgan fingerprint density at radius 3 is 2.37 bits per heavy atom. The highest BCUT2D eigenvalue weighted by atomic mass is 16.4. The topological polar surface area (TPSA) is 119 Å². The third kappa shape index (κ3) is 4.74. The summed E-state index contributed by atoms with van der Waals surface area (Å²) < 4.78 is 0. The first kappa shape index (κ1) is 15.2. The van der Waals surface area contributed by atoms with E-state index in [2.05, 4.69) is 10.6 Å². The molecular formula is C11H19N3O5. The van der Waals surface area contributed by atoms with Crippen molar-refractivity contribution in [2.24, 2.45) is 0 Å². The molecule has 108 valence electrons. The summed E-state index contributed by atoms with van der Waals surface area (Å²) >= 11 is 0. The van der Waals surface area contributed by atoms with Gasteiger partial charge in [0, 0.05) is 13.1 Å². The van der Waals surface area contributed by atoms with E-state index >= 15 is 0 Å². The highest BCUT2D eigenvalue weighted by molar-refractivity contribution is 5.86. The summed E-state index contributed by atoms with van der Waals surface area (Å²) in [6.07, 6.45) is 0.947. The number of amides is 2. The van der Waals surface area contributed by atoms with Crippen molar-refractivity contribution in [1.82, 2.24) is 15.5 Å². The minimum atomic E-state index is -1.41. The molecule has 1 unspecified atom stereocenters. The molecular weight excluding hydrogens is 254 g/mol. The summed E-state index contributed by atoms with van der Waals surface area (Å²) in [4.78, 5) is 34.7. The zero-order chi connectivity index (χ0) is 14.4. The number of nitrogens with zero attached hydrogens (tertiary/aromatic N) is 1. The van der Waals surface area contributed by atoms with Crippen LogP contribution in [0.3, 0.4) is 0 Å². The van der Waals surface area contributed by atoms with Crippen molar-refractivity contribution in [1.29, 1.82) is 0 Å². The molecule has 8 heteroatoms. The fourth-order valence-electron chi connectivity index (χ4n) is 1.99. The average Bonchev–Trinajstić information content (AvgIpc) is 2.37.